The SMILES string of the molecule is Cc1cc(C)c(Oc2nc(N)ncc2F)c([N+](=O)[O-])c1. The average Bonchev–Trinajstić information content (AvgIpc) is 2.36. The van der Waals surface area contributed by atoms with Crippen LogP contribution in [0.5, 0.6) is 11.6 Å². The zero-order chi connectivity index (χ0) is 14.9. The number of rotatable bonds is 3. The lowest BCUT2D eigenvalue weighted by Crippen LogP contribution is -2.02. The number of nitrogens with two attached hydrogens (primary N) is 1. The summed E-state index contributed by atoms with van der Waals surface area (Å²) >= 11 is 0. The molecule has 1 aromatic carbocycles. The van der Waals surface area contributed by atoms with Gasteiger partial charge in [-0.3, -0.25) is 10.1 Å². The molecule has 1 aromatic heterocycles. The van der Waals surface area contributed by atoms with Gasteiger partial charge >= 0.3 is 5.69 Å². The van der Waals surface area contributed by atoms with Gasteiger partial charge in [0.1, 0.15) is 0 Å². The second kappa shape index (κ2) is 5.08. The average molecular weight is 278 g/mol. The van der Waals surface area contributed by atoms with Crippen LogP contribution in [0, 0.1) is 29.8 Å². The maximum Gasteiger partial charge on any atom is 0.312 e. The molecule has 2 N–H and O–H groups in total. The lowest BCUT2D eigenvalue weighted by Gasteiger charge is -2.10. The quantitative estimate of drug-likeness (QED) is 0.683. The number of hydrogen-bond acceptors (Lipinski definition) is 6. The van der Waals surface area contributed by atoms with E-state index in [-0.39, 0.29) is 17.4 Å². The standard InChI is InChI=1S/C12H11FN4O3/c1-6-3-7(2)10(9(4-6)17(18)19)20-11-8(13)5-15-12(14)16-11/h3-5H,1-2H3,(H2,14,15,16). The minimum atomic E-state index is -0.853. The number of benzene rings is 1. The number of hydrogen-bond donors (Lipinski definition) is 1. The summed E-state index contributed by atoms with van der Waals surface area (Å²) in [4.78, 5) is 17.5. The molecule has 0 spiro atoms. The summed E-state index contributed by atoms with van der Waals surface area (Å²) in [7, 11) is 0. The van der Waals surface area contributed by atoms with E-state index in [1.165, 1.54) is 6.07 Å². The van der Waals surface area contributed by atoms with Crippen molar-refractivity contribution in [1.82, 2.24) is 9.97 Å². The maximum atomic E-state index is 13.5. The molecule has 20 heavy (non-hydrogen) atoms. The minimum absolute atomic E-state index is 0.0717. The minimum Gasteiger partial charge on any atom is -0.429 e. The van der Waals surface area contributed by atoms with Gasteiger partial charge < -0.3 is 10.5 Å². The Bertz CT molecular complexity index is 691. The number of nitro groups is 1. The molecular formula is C12H11FN4O3. The Kier molecular flexibility index (Phi) is 3.47. The fraction of sp³-hybridized carbons (Fsp3) is 0.167. The van der Waals surface area contributed by atoms with E-state index >= 15 is 0 Å². The molecule has 0 unspecified atom stereocenters. The van der Waals surface area contributed by atoms with Gasteiger partial charge in [-0.05, 0) is 25.0 Å². The van der Waals surface area contributed by atoms with E-state index in [9.17, 15) is 14.5 Å². The first-order valence-electron chi connectivity index (χ1n) is 5.60. The molecule has 104 valence electrons. The molecule has 0 radical (unpaired) electrons. The van der Waals surface area contributed by atoms with E-state index in [1.54, 1.807) is 19.9 Å². The van der Waals surface area contributed by atoms with Crippen LogP contribution in [0.4, 0.5) is 16.0 Å². The number of halogens is 1. The summed E-state index contributed by atoms with van der Waals surface area (Å²) in [6, 6.07) is 3.02. The molecule has 2 aromatic rings. The van der Waals surface area contributed by atoms with Gasteiger partial charge in [0.2, 0.25) is 17.5 Å². The Morgan fingerprint density at radius 2 is 2.10 bits per heavy atom. The van der Waals surface area contributed by atoms with E-state index in [0.29, 0.717) is 11.1 Å². The third-order valence-electron chi connectivity index (χ3n) is 2.53. The predicted octanol–water partition coefficient (Wildman–Crippen LogP) is 2.52. The lowest BCUT2D eigenvalue weighted by atomic mass is 10.1. The van der Waals surface area contributed by atoms with Gasteiger partial charge in [-0.2, -0.15) is 9.37 Å². The first kappa shape index (κ1) is 13.7. The van der Waals surface area contributed by atoms with Crippen LogP contribution < -0.4 is 10.5 Å². The highest BCUT2D eigenvalue weighted by molar-refractivity contribution is 5.55. The number of aromatic nitrogens is 2. The molecule has 7 nitrogen and oxygen atoms in total. The van der Waals surface area contributed by atoms with Crippen molar-refractivity contribution >= 4 is 11.6 Å². The van der Waals surface area contributed by atoms with Crippen LogP contribution in [0.2, 0.25) is 0 Å². The van der Waals surface area contributed by atoms with E-state index in [0.717, 1.165) is 6.20 Å². The van der Waals surface area contributed by atoms with Crippen LogP contribution in [0.15, 0.2) is 18.3 Å². The summed E-state index contributed by atoms with van der Waals surface area (Å²) in [5, 5.41) is 11.0. The van der Waals surface area contributed by atoms with Crippen molar-refractivity contribution in [2.24, 2.45) is 0 Å². The number of aryl methyl sites for hydroxylation is 2. The van der Waals surface area contributed by atoms with Gasteiger partial charge in [0.25, 0.3) is 5.88 Å². The van der Waals surface area contributed by atoms with Crippen molar-refractivity contribution in [3.05, 3.63) is 45.4 Å². The highest BCUT2D eigenvalue weighted by atomic mass is 19.1. The monoisotopic (exact) mass is 278 g/mol. The van der Waals surface area contributed by atoms with Gasteiger partial charge in [-0.15, -0.1) is 0 Å². The summed E-state index contributed by atoms with van der Waals surface area (Å²) in [6.45, 7) is 3.34. The molecule has 0 atom stereocenters. The first-order chi connectivity index (χ1) is 9.38. The number of nitro benzene ring substituents is 1. The topological polar surface area (TPSA) is 104 Å². The second-order valence-electron chi connectivity index (χ2n) is 4.17. The third kappa shape index (κ3) is 2.63. The fourth-order valence-corrected chi connectivity index (χ4v) is 1.73. The van der Waals surface area contributed by atoms with Crippen molar-refractivity contribution in [2.75, 3.05) is 5.73 Å². The summed E-state index contributed by atoms with van der Waals surface area (Å²) < 4.78 is 18.7. The van der Waals surface area contributed by atoms with Crippen molar-refractivity contribution in [2.45, 2.75) is 13.8 Å². The van der Waals surface area contributed by atoms with Gasteiger partial charge in [0.05, 0.1) is 11.1 Å². The zero-order valence-corrected chi connectivity index (χ0v) is 10.8. The van der Waals surface area contributed by atoms with Crippen LogP contribution in [-0.2, 0) is 0 Å². The number of ether oxygens (including phenoxy) is 1. The predicted molar refractivity (Wildman–Crippen MR) is 69.0 cm³/mol. The van der Waals surface area contributed by atoms with Crippen molar-refractivity contribution < 1.29 is 14.1 Å². The Morgan fingerprint density at radius 1 is 1.40 bits per heavy atom. The molecule has 0 saturated heterocycles. The van der Waals surface area contributed by atoms with Gasteiger partial charge in [0.15, 0.2) is 0 Å². The molecule has 0 fully saturated rings. The fourth-order valence-electron chi connectivity index (χ4n) is 1.73. The van der Waals surface area contributed by atoms with Crippen LogP contribution in [0.25, 0.3) is 0 Å². The van der Waals surface area contributed by atoms with Gasteiger partial charge in [-0.1, -0.05) is 6.07 Å². The second-order valence-corrected chi connectivity index (χ2v) is 4.17. The van der Waals surface area contributed by atoms with Crippen LogP contribution in [-0.4, -0.2) is 14.9 Å². The van der Waals surface area contributed by atoms with Crippen LogP contribution >= 0.6 is 0 Å². The lowest BCUT2D eigenvalue weighted by molar-refractivity contribution is -0.385. The molecule has 0 bridgehead atoms. The third-order valence-corrected chi connectivity index (χ3v) is 2.53. The van der Waals surface area contributed by atoms with E-state index in [1.807, 2.05) is 0 Å². The van der Waals surface area contributed by atoms with Crippen molar-refractivity contribution in [1.29, 1.82) is 0 Å². The number of nitrogen functional groups attached to an aromatic ring is 1. The summed E-state index contributed by atoms with van der Waals surface area (Å²) in [5.74, 6) is -1.56. The first-order valence-corrected chi connectivity index (χ1v) is 5.60. The van der Waals surface area contributed by atoms with E-state index in [2.05, 4.69) is 9.97 Å². The zero-order valence-electron chi connectivity index (χ0n) is 10.8. The highest BCUT2D eigenvalue weighted by Crippen LogP contribution is 2.35. The molecule has 0 saturated carbocycles. The Hall–Kier alpha value is -2.77. The Balaban J connectivity index is 2.53. The normalized spacial score (nSPS) is 10.3. The molecular weight excluding hydrogens is 267 g/mol. The maximum absolute atomic E-state index is 13.5. The molecule has 8 heteroatoms. The van der Waals surface area contributed by atoms with Crippen molar-refractivity contribution in [3.63, 3.8) is 0 Å². The molecule has 1 heterocycles. The number of nitrogens with zero attached hydrogens (tertiary/aromatic N) is 3. The van der Waals surface area contributed by atoms with Crippen LogP contribution in [0.1, 0.15) is 11.1 Å². The smallest absolute Gasteiger partial charge is 0.312 e. The van der Waals surface area contributed by atoms with Gasteiger partial charge in [0, 0.05) is 6.07 Å². The molecule has 0 amide bonds. The van der Waals surface area contributed by atoms with Crippen molar-refractivity contribution in [3.8, 4) is 11.6 Å². The van der Waals surface area contributed by atoms with E-state index < -0.39 is 16.6 Å². The summed E-state index contributed by atoms with van der Waals surface area (Å²) in [6.07, 6.45) is 0.840. The largest absolute Gasteiger partial charge is 0.429 e. The Morgan fingerprint density at radius 3 is 2.75 bits per heavy atom. The highest BCUT2D eigenvalue weighted by Gasteiger charge is 2.21. The molecule has 2 rings (SSSR count). The molecule has 0 aliphatic heterocycles. The van der Waals surface area contributed by atoms with E-state index in [4.69, 9.17) is 10.5 Å². The molecule has 0 aliphatic rings. The Labute approximate surface area is 113 Å². The van der Waals surface area contributed by atoms with Crippen LogP contribution in [0.3, 0.4) is 0 Å². The number of anilines is 1. The summed E-state index contributed by atoms with van der Waals surface area (Å²) in [5.41, 5.74) is 6.27. The molecule has 0 aliphatic carbocycles. The van der Waals surface area contributed by atoms with Gasteiger partial charge in [-0.25, -0.2) is 4.98 Å².